The van der Waals surface area contributed by atoms with E-state index >= 15 is 0 Å². The molecule has 1 aromatic rings. The largest absolute Gasteiger partial charge is 0.493 e. The molecule has 0 amide bonds. The maximum absolute atomic E-state index is 5.55. The molecule has 0 fully saturated rings. The minimum atomic E-state index is 0.398. The van der Waals surface area contributed by atoms with Crippen LogP contribution in [0.5, 0.6) is 5.75 Å². The predicted molar refractivity (Wildman–Crippen MR) is 85.3 cm³/mol. The van der Waals surface area contributed by atoms with Crippen molar-refractivity contribution in [2.75, 3.05) is 13.2 Å². The van der Waals surface area contributed by atoms with Gasteiger partial charge in [-0.2, -0.15) is 0 Å². The van der Waals surface area contributed by atoms with Gasteiger partial charge in [0.1, 0.15) is 5.75 Å². The fraction of sp³-hybridized carbons (Fsp3) is 0.667. The molecule has 0 saturated heterocycles. The number of fused-ring (bicyclic) bond motifs is 1. The maximum atomic E-state index is 5.55. The zero-order valence-corrected chi connectivity index (χ0v) is 13.3. The van der Waals surface area contributed by atoms with Gasteiger partial charge in [-0.25, -0.2) is 0 Å². The molecule has 1 aromatic carbocycles. The number of hydrogen-bond acceptors (Lipinski definition) is 2. The van der Waals surface area contributed by atoms with Gasteiger partial charge < -0.3 is 10.1 Å². The quantitative estimate of drug-likeness (QED) is 0.713. The third-order valence-electron chi connectivity index (χ3n) is 4.14. The van der Waals surface area contributed by atoms with E-state index in [4.69, 9.17) is 4.74 Å². The third-order valence-corrected chi connectivity index (χ3v) is 4.14. The second-order valence-electron chi connectivity index (χ2n) is 6.77. The smallest absolute Gasteiger partial charge is 0.122 e. The van der Waals surface area contributed by atoms with Gasteiger partial charge in [0.15, 0.2) is 0 Å². The highest BCUT2D eigenvalue weighted by Gasteiger charge is 2.17. The summed E-state index contributed by atoms with van der Waals surface area (Å²) in [6.45, 7) is 9.90. The first kappa shape index (κ1) is 15.4. The van der Waals surface area contributed by atoms with E-state index in [2.05, 4.69) is 44.3 Å². The molecule has 0 spiro atoms. The van der Waals surface area contributed by atoms with Gasteiger partial charge >= 0.3 is 0 Å². The number of nitrogens with one attached hydrogen (secondary N) is 1. The van der Waals surface area contributed by atoms with E-state index in [1.807, 2.05) is 0 Å². The summed E-state index contributed by atoms with van der Waals surface area (Å²) < 4.78 is 5.55. The lowest BCUT2D eigenvalue weighted by molar-refractivity contribution is 0.302. The van der Waals surface area contributed by atoms with E-state index in [1.54, 1.807) is 0 Å². The van der Waals surface area contributed by atoms with Crippen LogP contribution in [0.25, 0.3) is 0 Å². The lowest BCUT2D eigenvalue weighted by Crippen LogP contribution is -2.29. The Labute approximate surface area is 123 Å². The second kappa shape index (κ2) is 7.12. The molecular formula is C18H29NO. The van der Waals surface area contributed by atoms with Crippen molar-refractivity contribution in [1.29, 1.82) is 0 Å². The molecule has 20 heavy (non-hydrogen) atoms. The lowest BCUT2D eigenvalue weighted by Gasteiger charge is -2.25. The van der Waals surface area contributed by atoms with E-state index in [0.717, 1.165) is 31.9 Å². The molecule has 1 aliphatic heterocycles. The average Bonchev–Trinajstić information content (AvgIpc) is 2.86. The standard InChI is InChI=1S/C18H29NO/c1-4-5-6-10-18(2,3)14-19-13-15-7-8-17-16(12-15)9-11-20-17/h7-8,12,19H,4-6,9-11,13-14H2,1-3H3. The number of hydrogen-bond donors (Lipinski definition) is 1. The van der Waals surface area contributed by atoms with E-state index in [-0.39, 0.29) is 0 Å². The molecule has 2 heteroatoms. The molecule has 2 rings (SSSR count). The van der Waals surface area contributed by atoms with Crippen molar-refractivity contribution in [3.8, 4) is 5.75 Å². The summed E-state index contributed by atoms with van der Waals surface area (Å²) in [5.41, 5.74) is 3.14. The number of ether oxygens (including phenoxy) is 1. The molecule has 0 bridgehead atoms. The van der Waals surface area contributed by atoms with Crippen LogP contribution in [0.4, 0.5) is 0 Å². The summed E-state index contributed by atoms with van der Waals surface area (Å²) in [5, 5.41) is 3.62. The predicted octanol–water partition coefficient (Wildman–Crippen LogP) is 4.32. The monoisotopic (exact) mass is 275 g/mol. The van der Waals surface area contributed by atoms with Crippen molar-refractivity contribution < 1.29 is 4.74 Å². The fourth-order valence-electron chi connectivity index (χ4n) is 2.84. The Morgan fingerprint density at radius 3 is 2.90 bits per heavy atom. The van der Waals surface area contributed by atoms with Crippen molar-refractivity contribution in [2.24, 2.45) is 5.41 Å². The molecule has 2 nitrogen and oxygen atoms in total. The van der Waals surface area contributed by atoms with E-state index < -0.39 is 0 Å². The number of rotatable bonds is 8. The molecule has 0 saturated carbocycles. The van der Waals surface area contributed by atoms with Crippen LogP contribution in [-0.4, -0.2) is 13.2 Å². The fourth-order valence-corrected chi connectivity index (χ4v) is 2.84. The first-order valence-electron chi connectivity index (χ1n) is 8.06. The Balaban J connectivity index is 1.75. The zero-order chi connectivity index (χ0) is 14.4. The molecular weight excluding hydrogens is 246 g/mol. The molecule has 0 unspecified atom stereocenters. The summed E-state index contributed by atoms with van der Waals surface area (Å²) in [6, 6.07) is 6.59. The Hall–Kier alpha value is -1.02. The summed E-state index contributed by atoms with van der Waals surface area (Å²) in [6.07, 6.45) is 6.38. The summed E-state index contributed by atoms with van der Waals surface area (Å²) in [5.74, 6) is 1.08. The minimum Gasteiger partial charge on any atom is -0.493 e. The normalized spacial score (nSPS) is 14.2. The first-order valence-corrected chi connectivity index (χ1v) is 8.06. The van der Waals surface area contributed by atoms with Crippen LogP contribution in [0.3, 0.4) is 0 Å². The van der Waals surface area contributed by atoms with Crippen molar-refractivity contribution in [3.63, 3.8) is 0 Å². The highest BCUT2D eigenvalue weighted by atomic mass is 16.5. The van der Waals surface area contributed by atoms with Gasteiger partial charge in [-0.3, -0.25) is 0 Å². The highest BCUT2D eigenvalue weighted by Crippen LogP contribution is 2.26. The second-order valence-corrected chi connectivity index (χ2v) is 6.77. The van der Waals surface area contributed by atoms with Gasteiger partial charge in [0.05, 0.1) is 6.61 Å². The molecule has 0 atom stereocenters. The van der Waals surface area contributed by atoms with Crippen molar-refractivity contribution in [1.82, 2.24) is 5.32 Å². The van der Waals surface area contributed by atoms with E-state index in [1.165, 1.54) is 36.8 Å². The Bertz CT molecular complexity index is 425. The Morgan fingerprint density at radius 1 is 1.25 bits per heavy atom. The molecule has 0 aromatic heterocycles. The Morgan fingerprint density at radius 2 is 2.10 bits per heavy atom. The van der Waals surface area contributed by atoms with Gasteiger partial charge in [-0.05, 0) is 29.0 Å². The third kappa shape index (κ3) is 4.52. The van der Waals surface area contributed by atoms with Gasteiger partial charge in [-0.15, -0.1) is 0 Å². The molecule has 1 N–H and O–H groups in total. The van der Waals surface area contributed by atoms with Crippen molar-refractivity contribution in [2.45, 2.75) is 59.4 Å². The molecule has 1 aliphatic rings. The molecule has 112 valence electrons. The highest BCUT2D eigenvalue weighted by molar-refractivity contribution is 5.39. The van der Waals surface area contributed by atoms with Crippen molar-refractivity contribution in [3.05, 3.63) is 29.3 Å². The van der Waals surface area contributed by atoms with Crippen LogP contribution in [0.1, 0.15) is 57.6 Å². The molecule has 0 radical (unpaired) electrons. The number of benzene rings is 1. The van der Waals surface area contributed by atoms with Crippen LogP contribution >= 0.6 is 0 Å². The van der Waals surface area contributed by atoms with Gasteiger partial charge in [0.2, 0.25) is 0 Å². The van der Waals surface area contributed by atoms with Gasteiger partial charge in [0.25, 0.3) is 0 Å². The summed E-state index contributed by atoms with van der Waals surface area (Å²) in [4.78, 5) is 0. The van der Waals surface area contributed by atoms with Gasteiger partial charge in [0, 0.05) is 19.5 Å². The topological polar surface area (TPSA) is 21.3 Å². The van der Waals surface area contributed by atoms with Crippen LogP contribution in [0, 0.1) is 5.41 Å². The minimum absolute atomic E-state index is 0.398. The summed E-state index contributed by atoms with van der Waals surface area (Å²) in [7, 11) is 0. The van der Waals surface area contributed by atoms with Crippen LogP contribution in [0.15, 0.2) is 18.2 Å². The van der Waals surface area contributed by atoms with Crippen LogP contribution in [-0.2, 0) is 13.0 Å². The maximum Gasteiger partial charge on any atom is 0.122 e. The number of unbranched alkanes of at least 4 members (excludes halogenated alkanes) is 2. The molecule has 1 heterocycles. The van der Waals surface area contributed by atoms with Gasteiger partial charge in [-0.1, -0.05) is 52.2 Å². The molecule has 0 aliphatic carbocycles. The average molecular weight is 275 g/mol. The SMILES string of the molecule is CCCCCC(C)(C)CNCc1ccc2c(c1)CCO2. The van der Waals surface area contributed by atoms with Crippen LogP contribution < -0.4 is 10.1 Å². The lowest BCUT2D eigenvalue weighted by atomic mass is 9.87. The first-order chi connectivity index (χ1) is 9.61. The van der Waals surface area contributed by atoms with Crippen LogP contribution in [0.2, 0.25) is 0 Å². The van der Waals surface area contributed by atoms with Crippen molar-refractivity contribution >= 4 is 0 Å². The van der Waals surface area contributed by atoms with E-state index in [0.29, 0.717) is 5.41 Å². The van der Waals surface area contributed by atoms with E-state index in [9.17, 15) is 0 Å². The summed E-state index contributed by atoms with van der Waals surface area (Å²) >= 11 is 0. The Kier molecular flexibility index (Phi) is 5.47. The zero-order valence-electron chi connectivity index (χ0n) is 13.3.